The second kappa shape index (κ2) is 6.45. The molecule has 26 heavy (non-hydrogen) atoms. The molecule has 4 rings (SSSR count). The highest BCUT2D eigenvalue weighted by molar-refractivity contribution is 7.98. The first kappa shape index (κ1) is 16.6. The van der Waals surface area contributed by atoms with Crippen molar-refractivity contribution in [3.05, 3.63) is 53.6 Å². The van der Waals surface area contributed by atoms with Crippen LogP contribution < -0.4 is 5.56 Å². The molecule has 0 aromatic carbocycles. The molecule has 0 atom stereocenters. The molecule has 0 saturated heterocycles. The summed E-state index contributed by atoms with van der Waals surface area (Å²) in [5.41, 5.74) is 1.28. The third-order valence-electron chi connectivity index (χ3n) is 4.29. The van der Waals surface area contributed by atoms with Gasteiger partial charge in [-0.2, -0.15) is 0 Å². The molecule has 8 heteroatoms. The second-order valence-electron chi connectivity index (χ2n) is 5.77. The molecule has 4 aromatic rings. The van der Waals surface area contributed by atoms with Gasteiger partial charge in [0.25, 0.3) is 5.56 Å². The van der Waals surface area contributed by atoms with Gasteiger partial charge < -0.3 is 4.57 Å². The Morgan fingerprint density at radius 3 is 2.81 bits per heavy atom. The quantitative estimate of drug-likeness (QED) is 0.309. The van der Waals surface area contributed by atoms with Crippen LogP contribution in [0.25, 0.3) is 27.9 Å². The second-order valence-corrected chi connectivity index (χ2v) is 6.54. The largest absolute Gasteiger partial charge is 0.333 e. The normalized spacial score (nSPS) is 11.5. The minimum absolute atomic E-state index is 0.152. The Bertz CT molecular complexity index is 1190. The summed E-state index contributed by atoms with van der Waals surface area (Å²) in [5.74, 6) is 0.644. The van der Waals surface area contributed by atoms with E-state index in [4.69, 9.17) is 4.98 Å². The summed E-state index contributed by atoms with van der Waals surface area (Å²) in [6, 6.07) is 5.95. The SMILES string of the molecule is C=CCn1c(=O)c2cnc(SC)nc2n1-c1ccc2ccn(CC)c2n1. The van der Waals surface area contributed by atoms with E-state index in [2.05, 4.69) is 28.0 Å². The number of nitrogens with zero attached hydrogens (tertiary/aromatic N) is 6. The number of pyridine rings is 1. The fourth-order valence-corrected chi connectivity index (χ4v) is 3.39. The number of aromatic nitrogens is 6. The van der Waals surface area contributed by atoms with E-state index in [9.17, 15) is 4.79 Å². The third kappa shape index (κ3) is 2.45. The molecule has 4 heterocycles. The van der Waals surface area contributed by atoms with Crippen LogP contribution in [0.1, 0.15) is 6.92 Å². The molecule has 0 bridgehead atoms. The predicted octanol–water partition coefficient (Wildman–Crippen LogP) is 2.86. The molecule has 0 saturated carbocycles. The molecule has 4 aromatic heterocycles. The highest BCUT2D eigenvalue weighted by Gasteiger charge is 2.18. The lowest BCUT2D eigenvalue weighted by Gasteiger charge is -2.11. The monoisotopic (exact) mass is 366 g/mol. The van der Waals surface area contributed by atoms with Crippen LogP contribution >= 0.6 is 11.8 Å². The lowest BCUT2D eigenvalue weighted by molar-refractivity contribution is 0.596. The molecule has 0 radical (unpaired) electrons. The highest BCUT2D eigenvalue weighted by Crippen LogP contribution is 2.20. The van der Waals surface area contributed by atoms with Crippen LogP contribution in [-0.4, -0.2) is 35.1 Å². The van der Waals surface area contributed by atoms with Crippen molar-refractivity contribution < 1.29 is 0 Å². The number of thioether (sulfide) groups is 1. The van der Waals surface area contributed by atoms with Crippen LogP contribution in [0.2, 0.25) is 0 Å². The summed E-state index contributed by atoms with van der Waals surface area (Å²) >= 11 is 1.43. The van der Waals surface area contributed by atoms with Gasteiger partial charge in [-0.05, 0) is 31.4 Å². The first-order chi connectivity index (χ1) is 12.7. The zero-order valence-corrected chi connectivity index (χ0v) is 15.4. The number of hydrogen-bond donors (Lipinski definition) is 0. The topological polar surface area (TPSA) is 70.5 Å². The van der Waals surface area contributed by atoms with E-state index < -0.39 is 0 Å². The Hall–Kier alpha value is -2.87. The van der Waals surface area contributed by atoms with Gasteiger partial charge in [-0.15, -0.1) is 6.58 Å². The van der Waals surface area contributed by atoms with Crippen molar-refractivity contribution in [2.45, 2.75) is 25.2 Å². The van der Waals surface area contributed by atoms with E-state index in [0.29, 0.717) is 28.6 Å². The van der Waals surface area contributed by atoms with Crippen LogP contribution in [0.5, 0.6) is 0 Å². The fourth-order valence-electron chi connectivity index (χ4n) is 3.05. The molecular formula is C18H18N6OS. The zero-order chi connectivity index (χ0) is 18.3. The highest BCUT2D eigenvalue weighted by atomic mass is 32.2. The number of rotatable bonds is 5. The molecule has 132 valence electrons. The Kier molecular flexibility index (Phi) is 4.12. The Morgan fingerprint density at radius 1 is 1.23 bits per heavy atom. The Labute approximate surface area is 154 Å². The lowest BCUT2D eigenvalue weighted by Crippen LogP contribution is -2.22. The average Bonchev–Trinajstić information content (AvgIpc) is 3.20. The molecule has 0 amide bonds. The van der Waals surface area contributed by atoms with Crippen LogP contribution in [0.15, 0.2) is 53.2 Å². The molecule has 0 aliphatic heterocycles. The van der Waals surface area contributed by atoms with Crippen molar-refractivity contribution in [1.29, 1.82) is 0 Å². The molecule has 0 fully saturated rings. The lowest BCUT2D eigenvalue weighted by atomic mass is 10.3. The maximum absolute atomic E-state index is 12.8. The van der Waals surface area contributed by atoms with Crippen LogP contribution in [0, 0.1) is 0 Å². The van der Waals surface area contributed by atoms with Gasteiger partial charge in [0.1, 0.15) is 11.0 Å². The van der Waals surface area contributed by atoms with Gasteiger partial charge in [0.2, 0.25) is 0 Å². The van der Waals surface area contributed by atoms with E-state index in [1.165, 1.54) is 11.8 Å². The first-order valence-electron chi connectivity index (χ1n) is 8.27. The van der Waals surface area contributed by atoms with Gasteiger partial charge >= 0.3 is 0 Å². The van der Waals surface area contributed by atoms with Crippen LogP contribution in [0.4, 0.5) is 0 Å². The van der Waals surface area contributed by atoms with Gasteiger partial charge in [0.15, 0.2) is 16.6 Å². The van der Waals surface area contributed by atoms with Gasteiger partial charge in [0.05, 0.1) is 6.54 Å². The summed E-state index contributed by atoms with van der Waals surface area (Å²) in [6.45, 7) is 7.02. The maximum atomic E-state index is 12.8. The summed E-state index contributed by atoms with van der Waals surface area (Å²) in [6.07, 6.45) is 7.19. The van der Waals surface area contributed by atoms with Crippen molar-refractivity contribution in [2.24, 2.45) is 0 Å². The number of hydrogen-bond acceptors (Lipinski definition) is 5. The van der Waals surface area contributed by atoms with Crippen LogP contribution in [-0.2, 0) is 13.1 Å². The Morgan fingerprint density at radius 2 is 2.08 bits per heavy atom. The standard InChI is InChI=1S/C18H18N6OS/c1-4-9-23-17(25)13-11-19-18(26-3)21-16(13)24(23)14-7-6-12-8-10-22(5-2)15(12)20-14/h4,6-8,10-11H,1,5,9H2,2-3H3. The third-order valence-corrected chi connectivity index (χ3v) is 4.85. The van der Waals surface area contributed by atoms with Crippen molar-refractivity contribution in [2.75, 3.05) is 6.26 Å². The van der Waals surface area contributed by atoms with Gasteiger partial charge in [-0.1, -0.05) is 17.8 Å². The predicted molar refractivity (Wildman–Crippen MR) is 104 cm³/mol. The number of fused-ring (bicyclic) bond motifs is 2. The average molecular weight is 366 g/mol. The first-order valence-corrected chi connectivity index (χ1v) is 9.50. The number of aryl methyl sites for hydroxylation is 1. The van der Waals surface area contributed by atoms with Crippen molar-refractivity contribution in [1.82, 2.24) is 28.9 Å². The van der Waals surface area contributed by atoms with E-state index in [1.807, 2.05) is 30.7 Å². The number of allylic oxidation sites excluding steroid dienone is 1. The van der Waals surface area contributed by atoms with Crippen molar-refractivity contribution >= 4 is 33.8 Å². The van der Waals surface area contributed by atoms with E-state index in [0.717, 1.165) is 17.6 Å². The summed E-state index contributed by atoms with van der Waals surface area (Å²) < 4.78 is 5.42. The fraction of sp³-hybridized carbons (Fsp3) is 0.222. The van der Waals surface area contributed by atoms with Crippen molar-refractivity contribution in [3.63, 3.8) is 0 Å². The molecule has 7 nitrogen and oxygen atoms in total. The molecule has 0 aliphatic rings. The van der Waals surface area contributed by atoms with Crippen molar-refractivity contribution in [3.8, 4) is 5.82 Å². The molecule has 0 unspecified atom stereocenters. The maximum Gasteiger partial charge on any atom is 0.278 e. The van der Waals surface area contributed by atoms with E-state index >= 15 is 0 Å². The Balaban J connectivity index is 2.07. The van der Waals surface area contributed by atoms with Gasteiger partial charge in [-0.3, -0.25) is 4.79 Å². The van der Waals surface area contributed by atoms with Gasteiger partial charge in [-0.25, -0.2) is 24.3 Å². The smallest absolute Gasteiger partial charge is 0.278 e. The molecule has 0 aliphatic carbocycles. The summed E-state index contributed by atoms with van der Waals surface area (Å²) in [5, 5.41) is 2.14. The minimum atomic E-state index is -0.152. The summed E-state index contributed by atoms with van der Waals surface area (Å²) in [7, 11) is 0. The van der Waals surface area contributed by atoms with E-state index in [1.54, 1.807) is 21.6 Å². The molecular weight excluding hydrogens is 348 g/mol. The van der Waals surface area contributed by atoms with Crippen LogP contribution in [0.3, 0.4) is 0 Å². The van der Waals surface area contributed by atoms with Gasteiger partial charge in [0, 0.05) is 24.3 Å². The zero-order valence-electron chi connectivity index (χ0n) is 14.6. The molecule has 0 spiro atoms. The van der Waals surface area contributed by atoms with E-state index in [-0.39, 0.29) is 5.56 Å². The summed E-state index contributed by atoms with van der Waals surface area (Å²) in [4.78, 5) is 26.4. The minimum Gasteiger partial charge on any atom is -0.333 e. The molecule has 0 N–H and O–H groups in total.